The lowest BCUT2D eigenvalue weighted by Gasteiger charge is -2.17. The number of anilines is 1. The molecular weight excluding hydrogens is 250 g/mol. The van der Waals surface area contributed by atoms with Crippen LogP contribution in [0.3, 0.4) is 0 Å². The van der Waals surface area contributed by atoms with Crippen LogP contribution in [0.5, 0.6) is 0 Å². The molecule has 5 heteroatoms. The highest BCUT2D eigenvalue weighted by molar-refractivity contribution is 7.98. The van der Waals surface area contributed by atoms with Crippen LogP contribution in [0, 0.1) is 5.92 Å². The van der Waals surface area contributed by atoms with Gasteiger partial charge in [-0.3, -0.25) is 0 Å². The molecule has 0 fully saturated rings. The summed E-state index contributed by atoms with van der Waals surface area (Å²) in [5.41, 5.74) is 7.49. The second kappa shape index (κ2) is 4.14. The van der Waals surface area contributed by atoms with Crippen molar-refractivity contribution >= 4 is 39.1 Å². The lowest BCUT2D eigenvalue weighted by molar-refractivity contribution is 0.509. The summed E-state index contributed by atoms with van der Waals surface area (Å²) in [6, 6.07) is 0. The van der Waals surface area contributed by atoms with Crippen LogP contribution in [0.2, 0.25) is 0 Å². The smallest absolute Gasteiger partial charge is 0.190 e. The van der Waals surface area contributed by atoms with E-state index in [0.717, 1.165) is 27.7 Å². The molecule has 2 N–H and O–H groups in total. The molecule has 3 nitrogen and oxygen atoms in total. The lowest BCUT2D eigenvalue weighted by Crippen LogP contribution is -2.09. The Morgan fingerprint density at radius 2 is 2.24 bits per heavy atom. The summed E-state index contributed by atoms with van der Waals surface area (Å²) in [4.78, 5) is 11.5. The Hall–Kier alpha value is -0.810. The minimum atomic E-state index is 0.659. The fourth-order valence-corrected chi connectivity index (χ4v) is 4.26. The Morgan fingerprint density at radius 1 is 1.41 bits per heavy atom. The molecule has 0 bridgehead atoms. The van der Waals surface area contributed by atoms with Gasteiger partial charge in [0.2, 0.25) is 0 Å². The highest BCUT2D eigenvalue weighted by Gasteiger charge is 2.22. The summed E-state index contributed by atoms with van der Waals surface area (Å²) >= 11 is 3.35. The number of nitrogen functional groups attached to an aromatic ring is 1. The zero-order chi connectivity index (χ0) is 12.0. The number of nitrogens with zero attached hydrogens (tertiary/aromatic N) is 2. The topological polar surface area (TPSA) is 51.8 Å². The highest BCUT2D eigenvalue weighted by atomic mass is 32.2. The second-order valence-electron chi connectivity index (χ2n) is 4.63. The van der Waals surface area contributed by atoms with Gasteiger partial charge in [0.1, 0.15) is 10.6 Å². The number of fused-ring (bicyclic) bond motifs is 3. The van der Waals surface area contributed by atoms with Gasteiger partial charge in [0, 0.05) is 4.88 Å². The van der Waals surface area contributed by atoms with E-state index < -0.39 is 0 Å². The molecule has 0 aliphatic heterocycles. The third kappa shape index (κ3) is 1.81. The van der Waals surface area contributed by atoms with E-state index in [4.69, 9.17) is 5.73 Å². The van der Waals surface area contributed by atoms with E-state index in [2.05, 4.69) is 16.9 Å². The van der Waals surface area contributed by atoms with Gasteiger partial charge in [0.05, 0.1) is 5.39 Å². The zero-order valence-electron chi connectivity index (χ0n) is 9.99. The molecule has 17 heavy (non-hydrogen) atoms. The van der Waals surface area contributed by atoms with E-state index in [1.54, 1.807) is 23.1 Å². The van der Waals surface area contributed by atoms with Crippen molar-refractivity contribution in [1.82, 2.24) is 9.97 Å². The molecule has 1 aliphatic carbocycles. The van der Waals surface area contributed by atoms with Crippen LogP contribution in [0.25, 0.3) is 10.2 Å². The van der Waals surface area contributed by atoms with Gasteiger partial charge >= 0.3 is 0 Å². The Labute approximate surface area is 109 Å². The van der Waals surface area contributed by atoms with E-state index in [9.17, 15) is 0 Å². The lowest BCUT2D eigenvalue weighted by atomic mass is 9.89. The monoisotopic (exact) mass is 265 g/mol. The van der Waals surface area contributed by atoms with Gasteiger partial charge in [0.15, 0.2) is 5.16 Å². The first kappa shape index (κ1) is 11.3. The molecule has 90 valence electrons. The summed E-state index contributed by atoms with van der Waals surface area (Å²) in [6.07, 6.45) is 5.53. The summed E-state index contributed by atoms with van der Waals surface area (Å²) in [7, 11) is 0. The standard InChI is InChI=1S/C12H15N3S2/c1-6-3-4-7-8(5-6)17-11-9(7)10(13)14-12(15-11)16-2/h6H,3-5H2,1-2H3,(H2,13,14,15)/t6-/m0/s1. The molecule has 2 aromatic rings. The second-order valence-corrected chi connectivity index (χ2v) is 6.48. The number of rotatable bonds is 1. The number of thioether (sulfide) groups is 1. The number of thiophene rings is 1. The maximum atomic E-state index is 6.08. The van der Waals surface area contributed by atoms with E-state index in [0.29, 0.717) is 5.82 Å². The van der Waals surface area contributed by atoms with Crippen molar-refractivity contribution in [2.45, 2.75) is 31.3 Å². The Balaban J connectivity index is 2.24. The van der Waals surface area contributed by atoms with Crippen molar-refractivity contribution in [2.24, 2.45) is 5.92 Å². The van der Waals surface area contributed by atoms with E-state index in [1.807, 2.05) is 6.26 Å². The predicted octanol–water partition coefficient (Wildman–Crippen LogP) is 3.12. The van der Waals surface area contributed by atoms with Crippen LogP contribution in [0.1, 0.15) is 23.8 Å². The number of hydrogen-bond acceptors (Lipinski definition) is 5. The van der Waals surface area contributed by atoms with Gasteiger partial charge in [0.25, 0.3) is 0 Å². The first-order valence-electron chi connectivity index (χ1n) is 5.80. The number of nitrogens with two attached hydrogens (primary N) is 1. The van der Waals surface area contributed by atoms with Crippen molar-refractivity contribution in [3.63, 3.8) is 0 Å². The number of aryl methyl sites for hydroxylation is 1. The maximum absolute atomic E-state index is 6.08. The van der Waals surface area contributed by atoms with Crippen molar-refractivity contribution in [3.8, 4) is 0 Å². The van der Waals surface area contributed by atoms with Gasteiger partial charge in [-0.1, -0.05) is 18.7 Å². The predicted molar refractivity (Wildman–Crippen MR) is 74.8 cm³/mol. The molecular formula is C12H15N3S2. The third-order valence-electron chi connectivity index (χ3n) is 3.35. The molecule has 1 aliphatic rings. The summed E-state index contributed by atoms with van der Waals surface area (Å²) in [6.45, 7) is 2.32. The molecule has 0 unspecified atom stereocenters. The average molecular weight is 265 g/mol. The van der Waals surface area contributed by atoms with Crippen LogP contribution >= 0.6 is 23.1 Å². The Morgan fingerprint density at radius 3 is 3.00 bits per heavy atom. The normalized spacial score (nSPS) is 19.5. The molecule has 0 spiro atoms. The minimum Gasteiger partial charge on any atom is -0.383 e. The molecule has 0 radical (unpaired) electrons. The zero-order valence-corrected chi connectivity index (χ0v) is 11.6. The van der Waals surface area contributed by atoms with Crippen molar-refractivity contribution < 1.29 is 0 Å². The van der Waals surface area contributed by atoms with E-state index >= 15 is 0 Å². The van der Waals surface area contributed by atoms with Gasteiger partial charge < -0.3 is 5.73 Å². The van der Waals surface area contributed by atoms with E-state index in [-0.39, 0.29) is 0 Å². The number of hydrogen-bond donors (Lipinski definition) is 1. The Kier molecular flexibility index (Phi) is 2.75. The fraction of sp³-hybridized carbons (Fsp3) is 0.500. The molecule has 0 saturated carbocycles. The van der Waals surface area contributed by atoms with Gasteiger partial charge in [-0.05, 0) is 37.0 Å². The molecule has 0 saturated heterocycles. The Bertz CT molecular complexity index is 577. The highest BCUT2D eigenvalue weighted by Crippen LogP contribution is 2.39. The van der Waals surface area contributed by atoms with Gasteiger partial charge in [-0.15, -0.1) is 11.3 Å². The van der Waals surface area contributed by atoms with Crippen LogP contribution in [-0.4, -0.2) is 16.2 Å². The molecule has 0 amide bonds. The van der Waals surface area contributed by atoms with Crippen molar-refractivity contribution in [3.05, 3.63) is 10.4 Å². The maximum Gasteiger partial charge on any atom is 0.190 e. The van der Waals surface area contributed by atoms with Crippen LogP contribution in [-0.2, 0) is 12.8 Å². The van der Waals surface area contributed by atoms with Crippen molar-refractivity contribution in [1.29, 1.82) is 0 Å². The molecule has 1 atom stereocenters. The van der Waals surface area contributed by atoms with Crippen molar-refractivity contribution in [2.75, 3.05) is 12.0 Å². The average Bonchev–Trinajstić information content (AvgIpc) is 2.66. The molecule has 3 rings (SSSR count). The molecule has 0 aromatic carbocycles. The van der Waals surface area contributed by atoms with Crippen LogP contribution < -0.4 is 5.73 Å². The first-order valence-corrected chi connectivity index (χ1v) is 7.85. The number of aromatic nitrogens is 2. The summed E-state index contributed by atoms with van der Waals surface area (Å²) in [5, 5.41) is 1.90. The summed E-state index contributed by atoms with van der Waals surface area (Å²) < 4.78 is 0. The van der Waals surface area contributed by atoms with Gasteiger partial charge in [-0.25, -0.2) is 9.97 Å². The quantitative estimate of drug-likeness (QED) is 0.636. The molecule has 2 aromatic heterocycles. The fourth-order valence-electron chi connectivity index (χ4n) is 2.44. The van der Waals surface area contributed by atoms with Crippen LogP contribution in [0.15, 0.2) is 5.16 Å². The SMILES string of the molecule is CSc1nc(N)c2c3c(sc2n1)C[C@@H](C)CC3. The third-order valence-corrected chi connectivity index (χ3v) is 5.04. The van der Waals surface area contributed by atoms with Gasteiger partial charge in [-0.2, -0.15) is 0 Å². The largest absolute Gasteiger partial charge is 0.383 e. The minimum absolute atomic E-state index is 0.659. The first-order chi connectivity index (χ1) is 8.19. The van der Waals surface area contributed by atoms with E-state index in [1.165, 1.54) is 23.3 Å². The molecule has 2 heterocycles. The van der Waals surface area contributed by atoms with Crippen LogP contribution in [0.4, 0.5) is 5.82 Å². The summed E-state index contributed by atoms with van der Waals surface area (Å²) in [5.74, 6) is 1.44.